The van der Waals surface area contributed by atoms with Gasteiger partial charge in [-0.2, -0.15) is 0 Å². The summed E-state index contributed by atoms with van der Waals surface area (Å²) in [4.78, 5) is 0. The highest BCUT2D eigenvalue weighted by Gasteiger charge is 2.03. The van der Waals surface area contributed by atoms with Crippen molar-refractivity contribution in [2.45, 2.75) is 26.2 Å². The Morgan fingerprint density at radius 2 is 1.73 bits per heavy atom. The summed E-state index contributed by atoms with van der Waals surface area (Å²) in [6.07, 6.45) is 1.13. The maximum absolute atomic E-state index is 13.0. The fourth-order valence-electron chi connectivity index (χ4n) is 1.78. The van der Waals surface area contributed by atoms with E-state index in [0.717, 1.165) is 17.2 Å². The minimum Gasteiger partial charge on any atom is -0.207 e. The molecule has 0 aliphatic rings. The Kier molecular flexibility index (Phi) is 2.72. The average Bonchev–Trinajstić information content (AvgIpc) is 2.27. The van der Waals surface area contributed by atoms with Crippen molar-refractivity contribution in [2.24, 2.45) is 0 Å². The van der Waals surface area contributed by atoms with Crippen LogP contribution in [0.15, 0.2) is 36.4 Å². The van der Waals surface area contributed by atoms with E-state index >= 15 is 0 Å². The predicted octanol–water partition coefficient (Wildman–Crippen LogP) is 4.49. The Labute approximate surface area is 89.7 Å². The van der Waals surface area contributed by atoms with Crippen molar-refractivity contribution in [2.75, 3.05) is 0 Å². The van der Waals surface area contributed by atoms with E-state index in [0.29, 0.717) is 5.92 Å². The molecule has 1 unspecified atom stereocenters. The highest BCUT2D eigenvalue weighted by molar-refractivity contribution is 5.83. The minimum atomic E-state index is -0.168. The van der Waals surface area contributed by atoms with Crippen molar-refractivity contribution in [3.63, 3.8) is 0 Å². The zero-order valence-electron chi connectivity index (χ0n) is 9.13. The molecule has 0 fully saturated rings. The number of fused-ring (bicyclic) bond motifs is 1. The molecule has 0 bridgehead atoms. The van der Waals surface area contributed by atoms with Crippen LogP contribution in [0.4, 0.5) is 4.39 Å². The van der Waals surface area contributed by atoms with Crippen LogP contribution in [0.3, 0.4) is 0 Å². The summed E-state index contributed by atoms with van der Waals surface area (Å²) in [5.74, 6) is 0.401. The topological polar surface area (TPSA) is 0 Å². The number of benzene rings is 2. The van der Waals surface area contributed by atoms with Crippen LogP contribution in [0, 0.1) is 5.82 Å². The highest BCUT2D eigenvalue weighted by Crippen LogP contribution is 2.23. The molecule has 0 amide bonds. The molecule has 0 N–H and O–H groups in total. The van der Waals surface area contributed by atoms with E-state index in [2.05, 4.69) is 26.0 Å². The van der Waals surface area contributed by atoms with Gasteiger partial charge in [0.1, 0.15) is 5.82 Å². The number of hydrogen-bond donors (Lipinski definition) is 0. The van der Waals surface area contributed by atoms with E-state index in [1.54, 1.807) is 6.07 Å². The lowest BCUT2D eigenvalue weighted by molar-refractivity contribution is 0.629. The third-order valence-electron chi connectivity index (χ3n) is 3.01. The first-order valence-electron chi connectivity index (χ1n) is 5.40. The van der Waals surface area contributed by atoms with Gasteiger partial charge in [-0.3, -0.25) is 0 Å². The molecule has 0 aliphatic carbocycles. The zero-order valence-corrected chi connectivity index (χ0v) is 9.13. The van der Waals surface area contributed by atoms with E-state index in [1.807, 2.05) is 12.1 Å². The molecule has 0 spiro atoms. The average molecular weight is 202 g/mol. The minimum absolute atomic E-state index is 0.168. The third kappa shape index (κ3) is 2.01. The first kappa shape index (κ1) is 10.2. The van der Waals surface area contributed by atoms with Crippen LogP contribution in [-0.4, -0.2) is 0 Å². The van der Waals surface area contributed by atoms with Crippen LogP contribution in [0.5, 0.6) is 0 Å². The van der Waals surface area contributed by atoms with E-state index in [9.17, 15) is 4.39 Å². The van der Waals surface area contributed by atoms with Crippen molar-refractivity contribution in [3.05, 3.63) is 47.8 Å². The van der Waals surface area contributed by atoms with Gasteiger partial charge >= 0.3 is 0 Å². The molecular weight excluding hydrogens is 187 g/mol. The highest BCUT2D eigenvalue weighted by atomic mass is 19.1. The molecule has 0 radical (unpaired) electrons. The van der Waals surface area contributed by atoms with E-state index in [1.165, 1.54) is 11.6 Å². The first-order valence-corrected chi connectivity index (χ1v) is 5.40. The van der Waals surface area contributed by atoms with Gasteiger partial charge in [0.15, 0.2) is 0 Å². The number of halogens is 1. The molecule has 2 aromatic rings. The van der Waals surface area contributed by atoms with Gasteiger partial charge in [-0.15, -0.1) is 0 Å². The first-order chi connectivity index (χ1) is 7.20. The van der Waals surface area contributed by atoms with Gasteiger partial charge in [0.05, 0.1) is 0 Å². The number of hydrogen-bond acceptors (Lipinski definition) is 0. The van der Waals surface area contributed by atoms with Crippen molar-refractivity contribution in [1.82, 2.24) is 0 Å². The molecule has 2 rings (SSSR count). The van der Waals surface area contributed by atoms with Crippen LogP contribution in [0.2, 0.25) is 0 Å². The van der Waals surface area contributed by atoms with Crippen LogP contribution in [0.25, 0.3) is 10.8 Å². The molecule has 1 atom stereocenters. The maximum Gasteiger partial charge on any atom is 0.123 e. The molecule has 0 saturated heterocycles. The second kappa shape index (κ2) is 4.01. The fourth-order valence-corrected chi connectivity index (χ4v) is 1.78. The third-order valence-corrected chi connectivity index (χ3v) is 3.01. The van der Waals surface area contributed by atoms with E-state index in [-0.39, 0.29) is 5.82 Å². The van der Waals surface area contributed by atoms with E-state index in [4.69, 9.17) is 0 Å². The normalized spacial score (nSPS) is 13.0. The molecule has 2 aromatic carbocycles. The molecule has 1 heteroatoms. The molecule has 0 nitrogen and oxygen atoms in total. The Hall–Kier alpha value is -1.37. The second-order valence-corrected chi connectivity index (χ2v) is 4.06. The molecular formula is C14H15F. The van der Waals surface area contributed by atoms with Gasteiger partial charge in [-0.25, -0.2) is 4.39 Å². The molecule has 0 aliphatic heterocycles. The van der Waals surface area contributed by atoms with Crippen molar-refractivity contribution < 1.29 is 4.39 Å². The van der Waals surface area contributed by atoms with Crippen LogP contribution in [-0.2, 0) is 0 Å². The fraction of sp³-hybridized carbons (Fsp3) is 0.286. The smallest absolute Gasteiger partial charge is 0.123 e. The molecule has 0 heterocycles. The molecule has 78 valence electrons. The maximum atomic E-state index is 13.0. The van der Waals surface area contributed by atoms with Crippen molar-refractivity contribution in [3.8, 4) is 0 Å². The van der Waals surface area contributed by atoms with Gasteiger partial charge in [0, 0.05) is 0 Å². The zero-order chi connectivity index (χ0) is 10.8. The summed E-state index contributed by atoms with van der Waals surface area (Å²) in [6.45, 7) is 4.39. The summed E-state index contributed by atoms with van der Waals surface area (Å²) < 4.78 is 13.0. The summed E-state index contributed by atoms with van der Waals surface area (Å²) in [7, 11) is 0. The lowest BCUT2D eigenvalue weighted by Crippen LogP contribution is -1.90. The van der Waals surface area contributed by atoms with Crippen LogP contribution < -0.4 is 0 Å². The van der Waals surface area contributed by atoms with E-state index < -0.39 is 0 Å². The molecule has 0 saturated carbocycles. The van der Waals surface area contributed by atoms with Crippen molar-refractivity contribution in [1.29, 1.82) is 0 Å². The lowest BCUT2D eigenvalue weighted by atomic mass is 9.96. The molecule has 0 aromatic heterocycles. The van der Waals surface area contributed by atoms with Crippen LogP contribution >= 0.6 is 0 Å². The van der Waals surface area contributed by atoms with Crippen molar-refractivity contribution >= 4 is 10.8 Å². The summed E-state index contributed by atoms with van der Waals surface area (Å²) >= 11 is 0. The lowest BCUT2D eigenvalue weighted by Gasteiger charge is -2.09. The molecule has 15 heavy (non-hydrogen) atoms. The Morgan fingerprint density at radius 3 is 2.47 bits per heavy atom. The number of rotatable bonds is 2. The second-order valence-electron chi connectivity index (χ2n) is 4.06. The predicted molar refractivity (Wildman–Crippen MR) is 62.6 cm³/mol. The van der Waals surface area contributed by atoms with Gasteiger partial charge in [-0.05, 0) is 40.8 Å². The SMILES string of the molecule is CCC(C)c1ccc2cc(F)ccc2c1. The van der Waals surface area contributed by atoms with Gasteiger partial charge in [-0.1, -0.05) is 38.1 Å². The summed E-state index contributed by atoms with van der Waals surface area (Å²) in [5.41, 5.74) is 1.33. The largest absolute Gasteiger partial charge is 0.207 e. The van der Waals surface area contributed by atoms with Gasteiger partial charge in [0.2, 0.25) is 0 Å². The Morgan fingerprint density at radius 1 is 1.07 bits per heavy atom. The Bertz CT molecular complexity index is 474. The summed E-state index contributed by atoms with van der Waals surface area (Å²) in [5, 5.41) is 2.09. The van der Waals surface area contributed by atoms with Gasteiger partial charge in [0.25, 0.3) is 0 Å². The monoisotopic (exact) mass is 202 g/mol. The quantitative estimate of drug-likeness (QED) is 0.673. The van der Waals surface area contributed by atoms with Crippen LogP contribution in [0.1, 0.15) is 31.7 Å². The summed E-state index contributed by atoms with van der Waals surface area (Å²) in [6, 6.07) is 11.2. The van der Waals surface area contributed by atoms with Gasteiger partial charge < -0.3 is 0 Å². The Balaban J connectivity index is 2.52. The standard InChI is InChI=1S/C14H15F/c1-3-10(2)11-4-5-13-9-14(15)7-6-12(13)8-11/h4-10H,3H2,1-2H3.